The summed E-state index contributed by atoms with van der Waals surface area (Å²) in [5, 5.41) is 0. The first-order chi connectivity index (χ1) is 14.2. The summed E-state index contributed by atoms with van der Waals surface area (Å²) >= 11 is 0. The lowest BCUT2D eigenvalue weighted by molar-refractivity contribution is -0.137. The molecule has 5 heteroatoms. The summed E-state index contributed by atoms with van der Waals surface area (Å²) in [4.78, 5) is 30.1. The zero-order valence-electron chi connectivity index (χ0n) is 16.8. The fourth-order valence-corrected chi connectivity index (χ4v) is 4.08. The SMILES string of the molecule is COc1ccc(CCN2C(=O)C(c3ccccc3)=C(N3CCCCC3)C2=O)cc1. The van der Waals surface area contributed by atoms with Gasteiger partial charge in [0.05, 0.1) is 12.7 Å². The summed E-state index contributed by atoms with van der Waals surface area (Å²) in [5.74, 6) is 0.446. The molecule has 2 aromatic rings. The molecular formula is C24H26N2O3. The number of benzene rings is 2. The van der Waals surface area contributed by atoms with E-state index in [4.69, 9.17) is 4.74 Å². The number of hydrogen-bond acceptors (Lipinski definition) is 4. The third-order valence-corrected chi connectivity index (χ3v) is 5.66. The number of imide groups is 1. The van der Waals surface area contributed by atoms with Gasteiger partial charge in [-0.3, -0.25) is 14.5 Å². The van der Waals surface area contributed by atoms with E-state index >= 15 is 0 Å². The van der Waals surface area contributed by atoms with Crippen molar-refractivity contribution in [2.75, 3.05) is 26.7 Å². The van der Waals surface area contributed by atoms with Crippen molar-refractivity contribution in [1.82, 2.24) is 9.80 Å². The molecule has 0 bridgehead atoms. The number of nitrogens with zero attached hydrogens (tertiary/aromatic N) is 2. The topological polar surface area (TPSA) is 49.9 Å². The van der Waals surface area contributed by atoms with E-state index in [0.29, 0.717) is 24.2 Å². The van der Waals surface area contributed by atoms with Gasteiger partial charge < -0.3 is 9.64 Å². The lowest BCUT2D eigenvalue weighted by Gasteiger charge is -2.29. The molecule has 2 aliphatic rings. The molecule has 0 aromatic heterocycles. The van der Waals surface area contributed by atoms with Crippen LogP contribution in [0.4, 0.5) is 0 Å². The molecule has 2 aliphatic heterocycles. The van der Waals surface area contributed by atoms with Crippen LogP contribution in [0.25, 0.3) is 5.57 Å². The number of carbonyl (C=O) groups excluding carboxylic acids is 2. The number of amides is 2. The fourth-order valence-electron chi connectivity index (χ4n) is 4.08. The van der Waals surface area contributed by atoms with Crippen molar-refractivity contribution in [3.63, 3.8) is 0 Å². The van der Waals surface area contributed by atoms with E-state index in [1.54, 1.807) is 7.11 Å². The summed E-state index contributed by atoms with van der Waals surface area (Å²) < 4.78 is 5.19. The second-order valence-corrected chi connectivity index (χ2v) is 7.50. The fraction of sp³-hybridized carbons (Fsp3) is 0.333. The molecule has 0 aliphatic carbocycles. The van der Waals surface area contributed by atoms with Crippen LogP contribution in [0.3, 0.4) is 0 Å². The van der Waals surface area contributed by atoms with Crippen LogP contribution in [-0.2, 0) is 16.0 Å². The quantitative estimate of drug-likeness (QED) is 0.709. The predicted octanol–water partition coefficient (Wildman–Crippen LogP) is 3.50. The van der Waals surface area contributed by atoms with Crippen LogP contribution < -0.4 is 4.74 Å². The molecule has 4 rings (SSSR count). The van der Waals surface area contributed by atoms with Gasteiger partial charge in [0, 0.05) is 19.6 Å². The van der Waals surface area contributed by atoms with Crippen LogP contribution in [0, 0.1) is 0 Å². The van der Waals surface area contributed by atoms with E-state index in [-0.39, 0.29) is 11.8 Å². The maximum atomic E-state index is 13.3. The maximum Gasteiger partial charge on any atom is 0.277 e. The molecule has 0 spiro atoms. The van der Waals surface area contributed by atoms with E-state index in [0.717, 1.165) is 42.8 Å². The monoisotopic (exact) mass is 390 g/mol. The average molecular weight is 390 g/mol. The van der Waals surface area contributed by atoms with E-state index < -0.39 is 0 Å². The highest BCUT2D eigenvalue weighted by Gasteiger charge is 2.41. The standard InChI is InChI=1S/C24H26N2O3/c1-29-20-12-10-18(11-13-20)14-17-26-23(27)21(19-8-4-2-5-9-19)22(24(26)28)25-15-6-3-7-16-25/h2,4-5,8-13H,3,6-7,14-17H2,1H3. The molecule has 1 saturated heterocycles. The summed E-state index contributed by atoms with van der Waals surface area (Å²) in [5.41, 5.74) is 3.01. The first kappa shape index (κ1) is 19.2. The highest BCUT2D eigenvalue weighted by molar-refractivity contribution is 6.35. The van der Waals surface area contributed by atoms with Gasteiger partial charge >= 0.3 is 0 Å². The van der Waals surface area contributed by atoms with Crippen LogP contribution in [0.2, 0.25) is 0 Å². The van der Waals surface area contributed by atoms with Crippen LogP contribution in [-0.4, -0.2) is 48.4 Å². The predicted molar refractivity (Wildman–Crippen MR) is 112 cm³/mol. The molecule has 0 saturated carbocycles. The molecule has 5 nitrogen and oxygen atoms in total. The van der Waals surface area contributed by atoms with Gasteiger partial charge in [-0.05, 0) is 48.9 Å². The van der Waals surface area contributed by atoms with Crippen LogP contribution in [0.5, 0.6) is 5.75 Å². The highest BCUT2D eigenvalue weighted by atomic mass is 16.5. The Hall–Kier alpha value is -3.08. The second kappa shape index (κ2) is 8.52. The maximum absolute atomic E-state index is 13.3. The normalized spacial score (nSPS) is 17.3. The van der Waals surface area contributed by atoms with Crippen molar-refractivity contribution in [1.29, 1.82) is 0 Å². The van der Waals surface area contributed by atoms with E-state index in [9.17, 15) is 9.59 Å². The molecule has 1 fully saturated rings. The molecule has 150 valence electrons. The van der Waals surface area contributed by atoms with Gasteiger partial charge in [0.2, 0.25) is 0 Å². The molecule has 2 amide bonds. The minimum Gasteiger partial charge on any atom is -0.497 e. The molecule has 2 aromatic carbocycles. The molecule has 0 radical (unpaired) electrons. The molecule has 0 unspecified atom stereocenters. The Bertz CT molecular complexity index is 913. The zero-order chi connectivity index (χ0) is 20.2. The zero-order valence-corrected chi connectivity index (χ0v) is 16.8. The minimum atomic E-state index is -0.185. The van der Waals surface area contributed by atoms with Crippen molar-refractivity contribution in [3.05, 3.63) is 71.4 Å². The number of piperidine rings is 1. The first-order valence-electron chi connectivity index (χ1n) is 10.2. The average Bonchev–Trinajstić information content (AvgIpc) is 3.03. The Morgan fingerprint density at radius 1 is 0.862 bits per heavy atom. The van der Waals surface area contributed by atoms with Gasteiger partial charge in [0.25, 0.3) is 11.8 Å². The van der Waals surface area contributed by atoms with E-state index in [1.165, 1.54) is 11.3 Å². The number of carbonyl (C=O) groups is 2. The molecule has 29 heavy (non-hydrogen) atoms. The summed E-state index contributed by atoms with van der Waals surface area (Å²) in [6, 6.07) is 17.3. The van der Waals surface area contributed by atoms with Gasteiger partial charge in [-0.1, -0.05) is 42.5 Å². The van der Waals surface area contributed by atoms with Gasteiger partial charge in [-0.15, -0.1) is 0 Å². The van der Waals surface area contributed by atoms with Crippen LogP contribution >= 0.6 is 0 Å². The number of likely N-dealkylation sites (tertiary alicyclic amines) is 1. The number of methoxy groups -OCH3 is 1. The Balaban J connectivity index is 1.59. The molecule has 2 heterocycles. The van der Waals surface area contributed by atoms with Gasteiger partial charge in [0.15, 0.2) is 0 Å². The largest absolute Gasteiger partial charge is 0.497 e. The highest BCUT2D eigenvalue weighted by Crippen LogP contribution is 2.33. The van der Waals surface area contributed by atoms with Crippen molar-refractivity contribution < 1.29 is 14.3 Å². The Labute approximate surface area is 171 Å². The number of rotatable bonds is 6. The van der Waals surface area contributed by atoms with E-state index in [2.05, 4.69) is 4.90 Å². The first-order valence-corrected chi connectivity index (χ1v) is 10.2. The molecular weight excluding hydrogens is 364 g/mol. The van der Waals surface area contributed by atoms with Crippen molar-refractivity contribution >= 4 is 17.4 Å². The van der Waals surface area contributed by atoms with Crippen LogP contribution in [0.15, 0.2) is 60.3 Å². The summed E-state index contributed by atoms with van der Waals surface area (Å²) in [6.45, 7) is 2.03. The third-order valence-electron chi connectivity index (χ3n) is 5.66. The van der Waals surface area contributed by atoms with Gasteiger partial charge in [-0.25, -0.2) is 0 Å². The third kappa shape index (κ3) is 3.90. The van der Waals surface area contributed by atoms with Crippen molar-refractivity contribution in [2.45, 2.75) is 25.7 Å². The number of ether oxygens (including phenoxy) is 1. The lowest BCUT2D eigenvalue weighted by Crippen LogP contribution is -2.38. The number of hydrogen-bond donors (Lipinski definition) is 0. The van der Waals surface area contributed by atoms with Gasteiger partial charge in [0.1, 0.15) is 11.4 Å². The second-order valence-electron chi connectivity index (χ2n) is 7.50. The smallest absolute Gasteiger partial charge is 0.277 e. The van der Waals surface area contributed by atoms with Crippen LogP contribution in [0.1, 0.15) is 30.4 Å². The van der Waals surface area contributed by atoms with E-state index in [1.807, 2.05) is 54.6 Å². The Morgan fingerprint density at radius 3 is 2.21 bits per heavy atom. The molecule has 0 atom stereocenters. The Morgan fingerprint density at radius 2 is 1.55 bits per heavy atom. The Kier molecular flexibility index (Phi) is 5.65. The van der Waals surface area contributed by atoms with Crippen molar-refractivity contribution in [2.24, 2.45) is 0 Å². The molecule has 0 N–H and O–H groups in total. The summed E-state index contributed by atoms with van der Waals surface area (Å²) in [6.07, 6.45) is 3.91. The van der Waals surface area contributed by atoms with Crippen molar-refractivity contribution in [3.8, 4) is 5.75 Å². The summed E-state index contributed by atoms with van der Waals surface area (Å²) in [7, 11) is 1.63. The van der Waals surface area contributed by atoms with Gasteiger partial charge in [-0.2, -0.15) is 0 Å². The lowest BCUT2D eigenvalue weighted by atomic mass is 10.0. The minimum absolute atomic E-state index is 0.163.